The highest BCUT2D eigenvalue weighted by Crippen LogP contribution is 2.23. The van der Waals surface area contributed by atoms with Crippen LogP contribution >= 0.6 is 0 Å². The normalized spacial score (nSPS) is 19.4. The van der Waals surface area contributed by atoms with Crippen molar-refractivity contribution >= 4 is 0 Å². The fourth-order valence-electron chi connectivity index (χ4n) is 1.80. The molecule has 1 aromatic rings. The third-order valence-corrected chi connectivity index (χ3v) is 2.74. The highest BCUT2D eigenvalue weighted by molar-refractivity contribution is 5.28. The smallest absolute Gasteiger partial charge is 0.218 e. The van der Waals surface area contributed by atoms with Crippen LogP contribution in [0.5, 0.6) is 5.88 Å². The van der Waals surface area contributed by atoms with Gasteiger partial charge in [-0.3, -0.25) is 0 Å². The lowest BCUT2D eigenvalue weighted by Gasteiger charge is -2.24. The first kappa shape index (κ1) is 11.4. The van der Waals surface area contributed by atoms with Gasteiger partial charge in [0.25, 0.3) is 0 Å². The lowest BCUT2D eigenvalue weighted by atomic mass is 10.1. The van der Waals surface area contributed by atoms with Gasteiger partial charge in [0.05, 0.1) is 13.2 Å². The van der Waals surface area contributed by atoms with Gasteiger partial charge in [-0.25, -0.2) is 4.98 Å². The Labute approximate surface area is 95.8 Å². The summed E-state index contributed by atoms with van der Waals surface area (Å²) in [7, 11) is 0. The van der Waals surface area contributed by atoms with Gasteiger partial charge in [-0.2, -0.15) is 0 Å². The molecule has 2 rings (SSSR count). The molecule has 0 saturated carbocycles. The predicted molar refractivity (Wildman–Crippen MR) is 61.3 cm³/mol. The molecule has 0 bridgehead atoms. The monoisotopic (exact) mass is 222 g/mol. The summed E-state index contributed by atoms with van der Waals surface area (Å²) in [5.74, 6) is 0.671. The highest BCUT2D eigenvalue weighted by atomic mass is 16.5. The van der Waals surface area contributed by atoms with Gasteiger partial charge in [0, 0.05) is 30.6 Å². The van der Waals surface area contributed by atoms with Crippen molar-refractivity contribution in [3.05, 3.63) is 23.9 Å². The van der Waals surface area contributed by atoms with E-state index in [0.29, 0.717) is 5.88 Å². The molecule has 0 aromatic carbocycles. The lowest BCUT2D eigenvalue weighted by Crippen LogP contribution is -2.27. The van der Waals surface area contributed by atoms with Crippen LogP contribution in [0.15, 0.2) is 18.3 Å². The molecule has 0 amide bonds. The van der Waals surface area contributed by atoms with E-state index in [1.807, 2.05) is 19.1 Å². The second-order valence-corrected chi connectivity index (χ2v) is 4.12. The first-order valence-corrected chi connectivity index (χ1v) is 5.72. The number of pyridine rings is 1. The number of nitrogens with two attached hydrogens (primary N) is 1. The highest BCUT2D eigenvalue weighted by Gasteiger charge is 2.18. The minimum atomic E-state index is -0.0523. The number of rotatable bonds is 3. The van der Waals surface area contributed by atoms with Gasteiger partial charge < -0.3 is 15.2 Å². The summed E-state index contributed by atoms with van der Waals surface area (Å²) in [4.78, 5) is 4.25. The molecule has 1 aromatic heterocycles. The van der Waals surface area contributed by atoms with E-state index in [4.69, 9.17) is 15.2 Å². The van der Waals surface area contributed by atoms with Gasteiger partial charge in [-0.05, 0) is 13.0 Å². The van der Waals surface area contributed by atoms with Gasteiger partial charge in [0.1, 0.15) is 6.10 Å². The van der Waals surface area contributed by atoms with Crippen LogP contribution < -0.4 is 10.5 Å². The molecule has 4 heteroatoms. The average Bonchev–Trinajstić information content (AvgIpc) is 2.31. The second kappa shape index (κ2) is 5.27. The average molecular weight is 222 g/mol. The second-order valence-electron chi connectivity index (χ2n) is 4.12. The summed E-state index contributed by atoms with van der Waals surface area (Å²) in [5.41, 5.74) is 6.84. The van der Waals surface area contributed by atoms with Gasteiger partial charge in [-0.15, -0.1) is 0 Å². The Morgan fingerprint density at radius 3 is 2.94 bits per heavy atom. The van der Waals surface area contributed by atoms with Gasteiger partial charge in [0.2, 0.25) is 5.88 Å². The molecule has 1 fully saturated rings. The summed E-state index contributed by atoms with van der Waals surface area (Å²) in [6.07, 6.45) is 3.80. The molecule has 2 heterocycles. The number of nitrogens with zero attached hydrogens (tertiary/aromatic N) is 1. The Bertz CT molecular complexity index is 336. The summed E-state index contributed by atoms with van der Waals surface area (Å²) < 4.78 is 11.2. The first-order valence-electron chi connectivity index (χ1n) is 5.72. The zero-order valence-corrected chi connectivity index (χ0v) is 9.56. The van der Waals surface area contributed by atoms with Crippen molar-refractivity contribution in [2.45, 2.75) is 31.9 Å². The standard InChI is InChI=1S/C12H18N2O2/c1-9(13)11-3-2-6-14-12(11)16-10-4-7-15-8-5-10/h2-3,6,9-10H,4-5,7-8,13H2,1H3. The van der Waals surface area contributed by atoms with E-state index in [0.717, 1.165) is 31.6 Å². The molecule has 4 nitrogen and oxygen atoms in total. The minimum absolute atomic E-state index is 0.0523. The third kappa shape index (κ3) is 2.71. The van der Waals surface area contributed by atoms with E-state index in [-0.39, 0.29) is 12.1 Å². The Hall–Kier alpha value is -1.13. The van der Waals surface area contributed by atoms with Gasteiger partial charge in [0.15, 0.2) is 0 Å². The third-order valence-electron chi connectivity index (χ3n) is 2.74. The van der Waals surface area contributed by atoms with Crippen molar-refractivity contribution in [1.29, 1.82) is 0 Å². The lowest BCUT2D eigenvalue weighted by molar-refractivity contribution is 0.0232. The molecule has 0 radical (unpaired) electrons. The van der Waals surface area contributed by atoms with Crippen LogP contribution in [-0.2, 0) is 4.74 Å². The summed E-state index contributed by atoms with van der Waals surface area (Å²) >= 11 is 0. The SMILES string of the molecule is CC(N)c1cccnc1OC1CCOCC1. The molecule has 2 N–H and O–H groups in total. The molecule has 1 aliphatic rings. The molecule has 1 atom stereocenters. The quantitative estimate of drug-likeness (QED) is 0.845. The van der Waals surface area contributed by atoms with Crippen LogP contribution in [0.3, 0.4) is 0 Å². The molecule has 0 spiro atoms. The molecule has 88 valence electrons. The minimum Gasteiger partial charge on any atom is -0.474 e. The predicted octanol–water partition coefficient (Wildman–Crippen LogP) is 1.66. The Morgan fingerprint density at radius 2 is 2.25 bits per heavy atom. The zero-order valence-electron chi connectivity index (χ0n) is 9.56. The molecule has 0 aliphatic carbocycles. The zero-order chi connectivity index (χ0) is 11.4. The molecular formula is C12H18N2O2. The van der Waals surface area contributed by atoms with E-state index in [1.54, 1.807) is 6.20 Å². The van der Waals surface area contributed by atoms with E-state index >= 15 is 0 Å². The van der Waals surface area contributed by atoms with Crippen molar-refractivity contribution in [3.63, 3.8) is 0 Å². The van der Waals surface area contributed by atoms with Crippen LogP contribution in [0.2, 0.25) is 0 Å². The number of hydrogen-bond donors (Lipinski definition) is 1. The Kier molecular flexibility index (Phi) is 3.74. The maximum absolute atomic E-state index is 5.88. The first-order chi connectivity index (χ1) is 7.77. The van der Waals surface area contributed by atoms with Crippen molar-refractivity contribution in [2.75, 3.05) is 13.2 Å². The van der Waals surface area contributed by atoms with Crippen LogP contribution in [0.4, 0.5) is 0 Å². The van der Waals surface area contributed by atoms with Crippen molar-refractivity contribution < 1.29 is 9.47 Å². The number of hydrogen-bond acceptors (Lipinski definition) is 4. The molecule has 1 saturated heterocycles. The Balaban J connectivity index is 2.07. The molecule has 16 heavy (non-hydrogen) atoms. The van der Waals surface area contributed by atoms with Crippen LogP contribution in [-0.4, -0.2) is 24.3 Å². The van der Waals surface area contributed by atoms with Gasteiger partial charge in [-0.1, -0.05) is 6.07 Å². The molecular weight excluding hydrogens is 204 g/mol. The maximum Gasteiger partial charge on any atom is 0.218 e. The fraction of sp³-hybridized carbons (Fsp3) is 0.583. The number of ether oxygens (including phenoxy) is 2. The van der Waals surface area contributed by atoms with Crippen LogP contribution in [0.25, 0.3) is 0 Å². The van der Waals surface area contributed by atoms with Crippen LogP contribution in [0.1, 0.15) is 31.4 Å². The van der Waals surface area contributed by atoms with Crippen molar-refractivity contribution in [3.8, 4) is 5.88 Å². The van der Waals surface area contributed by atoms with Crippen LogP contribution in [0, 0.1) is 0 Å². The largest absolute Gasteiger partial charge is 0.474 e. The molecule has 1 aliphatic heterocycles. The van der Waals surface area contributed by atoms with E-state index in [2.05, 4.69) is 4.98 Å². The number of aromatic nitrogens is 1. The van der Waals surface area contributed by atoms with Crippen molar-refractivity contribution in [1.82, 2.24) is 4.98 Å². The van der Waals surface area contributed by atoms with E-state index in [9.17, 15) is 0 Å². The Morgan fingerprint density at radius 1 is 1.50 bits per heavy atom. The van der Waals surface area contributed by atoms with Gasteiger partial charge >= 0.3 is 0 Å². The summed E-state index contributed by atoms with van der Waals surface area (Å²) in [6.45, 7) is 3.48. The maximum atomic E-state index is 5.88. The molecule has 1 unspecified atom stereocenters. The fourth-order valence-corrected chi connectivity index (χ4v) is 1.80. The summed E-state index contributed by atoms with van der Waals surface area (Å²) in [6, 6.07) is 3.80. The van der Waals surface area contributed by atoms with Crippen molar-refractivity contribution in [2.24, 2.45) is 5.73 Å². The summed E-state index contributed by atoms with van der Waals surface area (Å²) in [5, 5.41) is 0. The van der Waals surface area contributed by atoms with E-state index < -0.39 is 0 Å². The van der Waals surface area contributed by atoms with E-state index in [1.165, 1.54) is 0 Å². The topological polar surface area (TPSA) is 57.4 Å².